The minimum atomic E-state index is -3.78. The maximum Gasteiger partial charge on any atom is 0.335 e. The van der Waals surface area contributed by atoms with Crippen molar-refractivity contribution in [2.45, 2.75) is 26.3 Å². The fourth-order valence-corrected chi connectivity index (χ4v) is 3.10. The molecular formula is C11H15BrN2O4S. The van der Waals surface area contributed by atoms with Crippen molar-refractivity contribution in [3.8, 4) is 0 Å². The summed E-state index contributed by atoms with van der Waals surface area (Å²) in [7, 11) is -3.78. The summed E-state index contributed by atoms with van der Waals surface area (Å²) in [6.07, 6.45) is 0. The van der Waals surface area contributed by atoms with Gasteiger partial charge < -0.3 is 5.11 Å². The van der Waals surface area contributed by atoms with Gasteiger partial charge in [0.2, 0.25) is 0 Å². The molecule has 0 aliphatic carbocycles. The van der Waals surface area contributed by atoms with Crippen LogP contribution in [0.15, 0.2) is 22.7 Å². The highest BCUT2D eigenvalue weighted by Gasteiger charge is 2.20. The van der Waals surface area contributed by atoms with E-state index in [1.165, 1.54) is 18.2 Å². The molecule has 0 aliphatic rings. The van der Waals surface area contributed by atoms with Crippen LogP contribution in [0.2, 0.25) is 0 Å². The Labute approximate surface area is 120 Å². The summed E-state index contributed by atoms with van der Waals surface area (Å²) in [4.78, 5) is 10.9. The largest absolute Gasteiger partial charge is 0.478 e. The number of anilines is 1. The molecule has 3 N–H and O–H groups in total. The molecule has 0 fully saturated rings. The molecule has 0 saturated heterocycles. The lowest BCUT2D eigenvalue weighted by Gasteiger charge is -2.21. The van der Waals surface area contributed by atoms with Gasteiger partial charge in [-0.15, -0.1) is 0 Å². The van der Waals surface area contributed by atoms with E-state index >= 15 is 0 Å². The molecule has 0 aromatic heterocycles. The molecule has 1 aromatic rings. The second kappa shape index (κ2) is 5.48. The molecule has 0 unspecified atom stereocenters. The minimum absolute atomic E-state index is 0.00309. The fraction of sp³-hybridized carbons (Fsp3) is 0.364. The van der Waals surface area contributed by atoms with Gasteiger partial charge in [0.15, 0.2) is 0 Å². The number of benzene rings is 1. The predicted octanol–water partition coefficient (Wildman–Crippen LogP) is 2.19. The van der Waals surface area contributed by atoms with E-state index in [-0.39, 0.29) is 11.3 Å². The molecule has 8 heteroatoms. The summed E-state index contributed by atoms with van der Waals surface area (Å²) in [5.41, 5.74) is -0.476. The topological polar surface area (TPSA) is 95.5 Å². The first-order valence-corrected chi connectivity index (χ1v) is 7.62. The lowest BCUT2D eigenvalue weighted by molar-refractivity contribution is 0.0697. The molecule has 106 valence electrons. The molecule has 0 heterocycles. The van der Waals surface area contributed by atoms with Crippen molar-refractivity contribution in [3.63, 3.8) is 0 Å². The van der Waals surface area contributed by atoms with Gasteiger partial charge in [-0.05, 0) is 54.9 Å². The monoisotopic (exact) mass is 350 g/mol. The van der Waals surface area contributed by atoms with Crippen molar-refractivity contribution in [2.24, 2.45) is 0 Å². The van der Waals surface area contributed by atoms with Crippen LogP contribution in [0.3, 0.4) is 0 Å². The van der Waals surface area contributed by atoms with E-state index in [1.807, 2.05) is 0 Å². The van der Waals surface area contributed by atoms with Crippen LogP contribution in [-0.2, 0) is 10.2 Å². The van der Waals surface area contributed by atoms with E-state index < -0.39 is 21.7 Å². The first-order chi connectivity index (χ1) is 8.50. The van der Waals surface area contributed by atoms with Gasteiger partial charge in [0.25, 0.3) is 10.2 Å². The van der Waals surface area contributed by atoms with Gasteiger partial charge >= 0.3 is 5.97 Å². The predicted molar refractivity (Wildman–Crippen MR) is 76.5 cm³/mol. The van der Waals surface area contributed by atoms with Crippen LogP contribution >= 0.6 is 15.9 Å². The molecule has 0 bridgehead atoms. The Kier molecular flexibility index (Phi) is 4.59. The molecule has 1 rings (SSSR count). The van der Waals surface area contributed by atoms with E-state index in [1.54, 1.807) is 20.8 Å². The maximum atomic E-state index is 11.9. The van der Waals surface area contributed by atoms with Gasteiger partial charge in [0, 0.05) is 10.0 Å². The number of carbonyl (C=O) groups is 1. The zero-order chi connectivity index (χ0) is 14.8. The van der Waals surface area contributed by atoms with E-state index in [4.69, 9.17) is 5.11 Å². The molecule has 0 aliphatic heterocycles. The standard InChI is InChI=1S/C11H15BrN2O4S/c1-11(2,3)14-19(17,18)13-9-6-7(10(15)16)4-5-8(9)12/h4-6,13-14H,1-3H3,(H,15,16). The van der Waals surface area contributed by atoms with Crippen LogP contribution in [0, 0.1) is 0 Å². The number of halogens is 1. The molecule has 0 amide bonds. The van der Waals surface area contributed by atoms with Gasteiger partial charge in [-0.3, -0.25) is 4.72 Å². The molecule has 1 aromatic carbocycles. The van der Waals surface area contributed by atoms with Crippen molar-refractivity contribution in [3.05, 3.63) is 28.2 Å². The summed E-state index contributed by atoms with van der Waals surface area (Å²) < 4.78 is 28.9. The van der Waals surface area contributed by atoms with Crippen molar-refractivity contribution >= 4 is 37.8 Å². The van der Waals surface area contributed by atoms with Crippen LogP contribution in [-0.4, -0.2) is 25.0 Å². The van der Waals surface area contributed by atoms with Gasteiger partial charge in [0.1, 0.15) is 0 Å². The summed E-state index contributed by atoms with van der Waals surface area (Å²) >= 11 is 3.16. The van der Waals surface area contributed by atoms with E-state index in [2.05, 4.69) is 25.4 Å². The highest BCUT2D eigenvalue weighted by molar-refractivity contribution is 9.10. The fourth-order valence-electron chi connectivity index (χ4n) is 1.31. The highest BCUT2D eigenvalue weighted by Crippen LogP contribution is 2.24. The van der Waals surface area contributed by atoms with Gasteiger partial charge in [-0.2, -0.15) is 13.1 Å². The molecular weight excluding hydrogens is 336 g/mol. The van der Waals surface area contributed by atoms with Gasteiger partial charge in [0.05, 0.1) is 11.3 Å². The Balaban J connectivity index is 3.05. The summed E-state index contributed by atoms with van der Waals surface area (Å²) in [6, 6.07) is 4.09. The average molecular weight is 351 g/mol. The van der Waals surface area contributed by atoms with Crippen LogP contribution in [0.1, 0.15) is 31.1 Å². The summed E-state index contributed by atoms with van der Waals surface area (Å²) in [5, 5.41) is 8.88. The van der Waals surface area contributed by atoms with E-state index in [0.717, 1.165) is 0 Å². The van der Waals surface area contributed by atoms with Crippen molar-refractivity contribution in [2.75, 3.05) is 4.72 Å². The minimum Gasteiger partial charge on any atom is -0.478 e. The zero-order valence-corrected chi connectivity index (χ0v) is 13.1. The summed E-state index contributed by atoms with van der Waals surface area (Å²) in [6.45, 7) is 5.11. The van der Waals surface area contributed by atoms with Gasteiger partial charge in [-0.1, -0.05) is 0 Å². The number of hydrogen-bond donors (Lipinski definition) is 3. The average Bonchev–Trinajstić information content (AvgIpc) is 2.16. The van der Waals surface area contributed by atoms with E-state index in [0.29, 0.717) is 4.47 Å². The molecule has 0 saturated carbocycles. The zero-order valence-electron chi connectivity index (χ0n) is 10.7. The SMILES string of the molecule is CC(C)(C)NS(=O)(=O)Nc1cc(C(=O)O)ccc1Br. The van der Waals surface area contributed by atoms with E-state index in [9.17, 15) is 13.2 Å². The second-order valence-corrected chi connectivity index (χ2v) is 7.23. The normalized spacial score (nSPS) is 12.2. The number of aromatic carboxylic acids is 1. The molecule has 0 atom stereocenters. The molecule has 0 radical (unpaired) electrons. The summed E-state index contributed by atoms with van der Waals surface area (Å²) in [5.74, 6) is -1.13. The van der Waals surface area contributed by atoms with Gasteiger partial charge in [-0.25, -0.2) is 4.79 Å². The number of nitrogens with one attached hydrogen (secondary N) is 2. The molecule has 19 heavy (non-hydrogen) atoms. The lowest BCUT2D eigenvalue weighted by Crippen LogP contribution is -2.43. The Bertz CT molecular complexity index is 593. The lowest BCUT2D eigenvalue weighted by atomic mass is 10.1. The Morgan fingerprint density at radius 3 is 2.37 bits per heavy atom. The Hall–Kier alpha value is -1.12. The number of hydrogen-bond acceptors (Lipinski definition) is 3. The number of rotatable bonds is 4. The smallest absolute Gasteiger partial charge is 0.335 e. The quantitative estimate of drug-likeness (QED) is 0.775. The number of carboxylic acids is 1. The Morgan fingerprint density at radius 1 is 1.32 bits per heavy atom. The molecule has 6 nitrogen and oxygen atoms in total. The van der Waals surface area contributed by atoms with Crippen LogP contribution in [0.4, 0.5) is 5.69 Å². The third kappa shape index (κ3) is 5.17. The maximum absolute atomic E-state index is 11.9. The van der Waals surface area contributed by atoms with Crippen molar-refractivity contribution in [1.29, 1.82) is 0 Å². The number of carboxylic acid groups (broad SMARTS) is 1. The Morgan fingerprint density at radius 2 is 1.89 bits per heavy atom. The molecule has 0 spiro atoms. The third-order valence-electron chi connectivity index (χ3n) is 1.90. The van der Waals surface area contributed by atoms with Crippen molar-refractivity contribution < 1.29 is 18.3 Å². The third-order valence-corrected chi connectivity index (χ3v) is 3.96. The second-order valence-electron chi connectivity index (χ2n) is 4.96. The highest BCUT2D eigenvalue weighted by atomic mass is 79.9. The van der Waals surface area contributed by atoms with Crippen molar-refractivity contribution in [1.82, 2.24) is 4.72 Å². The van der Waals surface area contributed by atoms with Crippen LogP contribution in [0.25, 0.3) is 0 Å². The van der Waals surface area contributed by atoms with Crippen LogP contribution < -0.4 is 9.44 Å². The van der Waals surface area contributed by atoms with Crippen LogP contribution in [0.5, 0.6) is 0 Å². The first-order valence-electron chi connectivity index (χ1n) is 5.35. The first kappa shape index (κ1) is 15.9.